The van der Waals surface area contributed by atoms with E-state index in [4.69, 9.17) is 23.2 Å². The number of halogens is 8. The van der Waals surface area contributed by atoms with Crippen LogP contribution in [0.1, 0.15) is 45.0 Å². The molecule has 1 aliphatic heterocycles. The molecule has 38 heavy (non-hydrogen) atoms. The fourth-order valence-corrected chi connectivity index (χ4v) is 4.85. The van der Waals surface area contributed by atoms with Crippen molar-refractivity contribution in [2.24, 2.45) is 5.92 Å². The number of piperidine rings is 1. The summed E-state index contributed by atoms with van der Waals surface area (Å²) in [5, 5.41) is 0.917. The van der Waals surface area contributed by atoms with Crippen LogP contribution < -0.4 is 0 Å². The van der Waals surface area contributed by atoms with E-state index in [1.54, 1.807) is 48.5 Å². The summed E-state index contributed by atoms with van der Waals surface area (Å²) < 4.78 is 80.0. The van der Waals surface area contributed by atoms with Crippen LogP contribution in [0, 0.1) is 5.92 Å². The lowest BCUT2D eigenvalue weighted by Gasteiger charge is -2.36. The molecule has 1 fully saturated rings. The van der Waals surface area contributed by atoms with Crippen molar-refractivity contribution < 1.29 is 35.9 Å². The van der Waals surface area contributed by atoms with Gasteiger partial charge in [-0.1, -0.05) is 47.5 Å². The molecule has 11 heteroatoms. The first-order valence-electron chi connectivity index (χ1n) is 11.4. The molecule has 3 aromatic rings. The first-order chi connectivity index (χ1) is 17.7. The molecule has 1 amide bonds. The maximum atomic E-state index is 13.3. The van der Waals surface area contributed by atoms with Crippen molar-refractivity contribution in [2.75, 3.05) is 13.1 Å². The number of hydrogen-bond donors (Lipinski definition) is 0. The number of alkyl halides is 6. The number of carbonyl (C=O) groups is 2. The van der Waals surface area contributed by atoms with Crippen LogP contribution in [0.15, 0.2) is 66.7 Å². The number of benzene rings is 3. The number of amides is 1. The molecule has 1 heterocycles. The number of likely N-dealkylation sites (tertiary alicyclic amines) is 1. The normalized spacial score (nSPS) is 16.7. The zero-order valence-electron chi connectivity index (χ0n) is 19.4. The van der Waals surface area contributed by atoms with E-state index in [9.17, 15) is 35.9 Å². The Morgan fingerprint density at radius 2 is 1.24 bits per heavy atom. The van der Waals surface area contributed by atoms with Gasteiger partial charge >= 0.3 is 12.4 Å². The Hall–Kier alpha value is -3.04. The second-order valence-electron chi connectivity index (χ2n) is 8.95. The van der Waals surface area contributed by atoms with Gasteiger partial charge in [0.1, 0.15) is 5.78 Å². The number of hydrogen-bond acceptors (Lipinski definition) is 2. The zero-order valence-corrected chi connectivity index (χ0v) is 20.9. The lowest BCUT2D eigenvalue weighted by molar-refractivity contribution is -0.143. The Morgan fingerprint density at radius 1 is 0.789 bits per heavy atom. The summed E-state index contributed by atoms with van der Waals surface area (Å²) in [7, 11) is 0. The van der Waals surface area contributed by atoms with Gasteiger partial charge in [-0.25, -0.2) is 0 Å². The Morgan fingerprint density at radius 3 is 1.66 bits per heavy atom. The minimum Gasteiger partial charge on any atom is -0.337 e. The molecule has 4 rings (SSSR count). The molecule has 1 atom stereocenters. The van der Waals surface area contributed by atoms with Crippen molar-refractivity contribution in [3.05, 3.63) is 105 Å². The summed E-state index contributed by atoms with van der Waals surface area (Å²) in [4.78, 5) is 27.5. The van der Waals surface area contributed by atoms with E-state index < -0.39 is 46.8 Å². The molecule has 1 saturated heterocycles. The van der Waals surface area contributed by atoms with E-state index >= 15 is 0 Å². The Bertz CT molecular complexity index is 1260. The molecule has 0 saturated carbocycles. The summed E-state index contributed by atoms with van der Waals surface area (Å²) in [5.74, 6) is -2.60. The molecule has 0 N–H and O–H groups in total. The maximum Gasteiger partial charge on any atom is 0.416 e. The monoisotopic (exact) mass is 573 g/mol. The minimum atomic E-state index is -5.09. The molecule has 0 bridgehead atoms. The topological polar surface area (TPSA) is 37.4 Å². The van der Waals surface area contributed by atoms with Crippen LogP contribution in [0.4, 0.5) is 26.3 Å². The van der Waals surface area contributed by atoms with Crippen molar-refractivity contribution in [2.45, 2.75) is 24.7 Å². The van der Waals surface area contributed by atoms with E-state index in [2.05, 4.69) is 0 Å². The van der Waals surface area contributed by atoms with Crippen molar-refractivity contribution in [3.8, 4) is 0 Å². The van der Waals surface area contributed by atoms with E-state index in [1.165, 1.54) is 0 Å². The minimum absolute atomic E-state index is 0.0313. The summed E-state index contributed by atoms with van der Waals surface area (Å²) in [6, 6.07) is 14.2. The number of rotatable bonds is 4. The lowest BCUT2D eigenvalue weighted by atomic mass is 9.76. The fraction of sp³-hybridized carbons (Fsp3) is 0.259. The summed E-state index contributed by atoms with van der Waals surface area (Å²) in [5.41, 5.74) is -2.53. The summed E-state index contributed by atoms with van der Waals surface area (Å²) in [6.45, 7) is -0.342. The second-order valence-corrected chi connectivity index (χ2v) is 9.82. The average Bonchev–Trinajstić information content (AvgIpc) is 2.86. The second kappa shape index (κ2) is 10.6. The van der Waals surface area contributed by atoms with Crippen LogP contribution in [-0.2, 0) is 17.1 Å². The van der Waals surface area contributed by atoms with Gasteiger partial charge in [0.05, 0.1) is 11.1 Å². The molecule has 0 radical (unpaired) electrons. The molecule has 1 unspecified atom stereocenters. The van der Waals surface area contributed by atoms with E-state index in [1.807, 2.05) is 0 Å². The van der Waals surface area contributed by atoms with Gasteiger partial charge in [0.25, 0.3) is 5.91 Å². The largest absolute Gasteiger partial charge is 0.416 e. The van der Waals surface area contributed by atoms with E-state index in [0.717, 1.165) is 4.90 Å². The standard InChI is InChI=1S/C27H19Cl2F6NO2/c28-20-5-1-15(2-6-20)24(16-3-7-21(29)8-4-16)22-14-36(10-9-23(22)37)25(38)17-11-18(26(30,31)32)13-19(12-17)27(33,34)35/h1-8,11-13,22,24H,9-10,14H2. The fourth-order valence-electron chi connectivity index (χ4n) is 4.60. The van der Waals surface area contributed by atoms with Gasteiger partial charge in [0.2, 0.25) is 0 Å². The third-order valence-electron chi connectivity index (χ3n) is 6.44. The molecule has 200 valence electrons. The van der Waals surface area contributed by atoms with Gasteiger partial charge in [0, 0.05) is 47.0 Å². The Kier molecular flexibility index (Phi) is 7.81. The maximum absolute atomic E-state index is 13.3. The molecular weight excluding hydrogens is 555 g/mol. The average molecular weight is 574 g/mol. The van der Waals surface area contributed by atoms with E-state index in [0.29, 0.717) is 33.3 Å². The predicted molar refractivity (Wildman–Crippen MR) is 130 cm³/mol. The van der Waals surface area contributed by atoms with E-state index in [-0.39, 0.29) is 31.4 Å². The smallest absolute Gasteiger partial charge is 0.337 e. The number of Topliss-reactive ketones (excluding diaryl/α,β-unsaturated/α-hetero) is 1. The van der Waals surface area contributed by atoms with Gasteiger partial charge in [-0.05, 0) is 53.6 Å². The number of ketones is 1. The van der Waals surface area contributed by atoms with Gasteiger partial charge < -0.3 is 4.90 Å². The highest BCUT2D eigenvalue weighted by Gasteiger charge is 2.40. The van der Waals surface area contributed by atoms with Crippen molar-refractivity contribution >= 4 is 34.9 Å². The zero-order chi connectivity index (χ0) is 27.8. The third-order valence-corrected chi connectivity index (χ3v) is 6.95. The SMILES string of the molecule is O=C1CCN(C(=O)c2cc(C(F)(F)F)cc(C(F)(F)F)c2)CC1C(c1ccc(Cl)cc1)c1ccc(Cl)cc1. The third kappa shape index (κ3) is 6.15. The Labute approximate surface area is 224 Å². The van der Waals surface area contributed by atoms with Crippen molar-refractivity contribution in [3.63, 3.8) is 0 Å². The molecule has 0 aliphatic carbocycles. The van der Waals surface area contributed by atoms with Gasteiger partial charge in [-0.15, -0.1) is 0 Å². The highest BCUT2D eigenvalue weighted by molar-refractivity contribution is 6.30. The first kappa shape index (κ1) is 28.0. The van der Waals surface area contributed by atoms with Crippen molar-refractivity contribution in [1.82, 2.24) is 4.90 Å². The number of nitrogens with zero attached hydrogens (tertiary/aromatic N) is 1. The Balaban J connectivity index is 1.72. The highest BCUT2D eigenvalue weighted by atomic mass is 35.5. The van der Waals surface area contributed by atoms with Crippen LogP contribution in [0.25, 0.3) is 0 Å². The lowest BCUT2D eigenvalue weighted by Crippen LogP contribution is -2.46. The van der Waals surface area contributed by atoms with Gasteiger partial charge in [-0.3, -0.25) is 9.59 Å². The molecule has 1 aliphatic rings. The van der Waals surface area contributed by atoms with Crippen molar-refractivity contribution in [1.29, 1.82) is 0 Å². The van der Waals surface area contributed by atoms with Crippen LogP contribution in [-0.4, -0.2) is 29.7 Å². The first-order valence-corrected chi connectivity index (χ1v) is 12.1. The van der Waals surface area contributed by atoms with Crippen LogP contribution in [0.5, 0.6) is 0 Å². The summed E-state index contributed by atoms with van der Waals surface area (Å²) in [6.07, 6.45) is -10.3. The predicted octanol–water partition coefficient (Wildman–Crippen LogP) is 7.89. The number of carbonyl (C=O) groups excluding carboxylic acids is 2. The highest BCUT2D eigenvalue weighted by Crippen LogP contribution is 2.39. The molecule has 3 aromatic carbocycles. The van der Waals surface area contributed by atoms with Gasteiger partial charge in [0.15, 0.2) is 0 Å². The van der Waals surface area contributed by atoms with Crippen LogP contribution >= 0.6 is 23.2 Å². The molecule has 0 aromatic heterocycles. The quantitative estimate of drug-likeness (QED) is 0.297. The summed E-state index contributed by atoms with van der Waals surface area (Å²) >= 11 is 12.0. The molecular formula is C27H19Cl2F6NO2. The molecule has 3 nitrogen and oxygen atoms in total. The van der Waals surface area contributed by atoms with Crippen LogP contribution in [0.2, 0.25) is 10.0 Å². The van der Waals surface area contributed by atoms with Crippen LogP contribution in [0.3, 0.4) is 0 Å². The molecule has 0 spiro atoms. The van der Waals surface area contributed by atoms with Gasteiger partial charge in [-0.2, -0.15) is 26.3 Å².